The Morgan fingerprint density at radius 2 is 1.51 bits per heavy atom. The van der Waals surface area contributed by atoms with Crippen molar-refractivity contribution < 1.29 is 106 Å². The molecule has 9 rings (SSSR count). The molecule has 0 radical (unpaired) electrons. The normalized spacial score (nSPS) is 43.8. The summed E-state index contributed by atoms with van der Waals surface area (Å²) in [7, 11) is 5.77. The van der Waals surface area contributed by atoms with Crippen LogP contribution in [-0.2, 0) is 71.2 Å². The number of aliphatic carboxylic acids is 1. The Morgan fingerprint density at radius 3 is 2.16 bits per heavy atom. The Balaban J connectivity index is 1.11. The number of hydrogen-bond donors (Lipinski definition) is 5. The number of carbonyl (C=O) groups is 4. The SMILES string of the molecule is CCC1CC23OC(=O)C(=C2O)OC(=O)C2(C)C(CCCCC3(C)C=C1C(=O)O)C(C)=CC1C(OC3OC(C)C(OC(=O)c4c(C)cccc4OC)C(OC4CC(O)C(OC)C(C)O4)C3O)C(OC3OC(C)C(OC)C(C)(O)C3OC)CCC12. The Kier molecular flexibility index (Phi) is 18.4. The van der Waals surface area contributed by atoms with E-state index in [4.69, 9.17) is 61.6 Å². The molecule has 1 aromatic carbocycles. The van der Waals surface area contributed by atoms with Crippen molar-refractivity contribution in [3.05, 3.63) is 64.1 Å². The van der Waals surface area contributed by atoms with Crippen LogP contribution in [0.3, 0.4) is 0 Å². The first-order valence-electron chi connectivity index (χ1n) is 29.2. The molecule has 23 atom stereocenters. The number of fused-ring (bicyclic) bond motifs is 3. The number of methoxy groups -OCH3 is 4. The summed E-state index contributed by atoms with van der Waals surface area (Å²) in [4.78, 5) is 56.7. The highest BCUT2D eigenvalue weighted by atomic mass is 16.8. The topological polar surface area (TPSA) is 289 Å². The number of aryl methyl sites for hydroxylation is 1. The van der Waals surface area contributed by atoms with Crippen LogP contribution in [0.5, 0.6) is 5.75 Å². The van der Waals surface area contributed by atoms with Crippen molar-refractivity contribution in [1.82, 2.24) is 0 Å². The Labute approximate surface area is 484 Å². The number of hydrogen-bond acceptors (Lipinski definition) is 21. The second-order valence-corrected chi connectivity index (χ2v) is 24.8. The van der Waals surface area contributed by atoms with Gasteiger partial charge in [0.05, 0.1) is 49.1 Å². The van der Waals surface area contributed by atoms with Gasteiger partial charge in [-0.1, -0.05) is 56.5 Å². The summed E-state index contributed by atoms with van der Waals surface area (Å²) in [6.45, 7) is 15.7. The lowest BCUT2D eigenvalue weighted by atomic mass is 9.52. The van der Waals surface area contributed by atoms with E-state index in [9.17, 15) is 39.9 Å². The number of carboxylic acids is 1. The van der Waals surface area contributed by atoms with Gasteiger partial charge in [0.25, 0.3) is 5.76 Å². The average Bonchev–Trinajstić information content (AvgIpc) is 2.24. The van der Waals surface area contributed by atoms with Crippen LogP contribution < -0.4 is 4.74 Å². The molecule has 5 N–H and O–H groups in total. The molecule has 5 aliphatic heterocycles. The van der Waals surface area contributed by atoms with Crippen LogP contribution in [0.1, 0.15) is 129 Å². The summed E-state index contributed by atoms with van der Waals surface area (Å²) < 4.78 is 81.4. The number of carbonyl (C=O) groups excluding carboxylic acids is 3. The van der Waals surface area contributed by atoms with Crippen molar-refractivity contribution in [3.63, 3.8) is 0 Å². The van der Waals surface area contributed by atoms with Crippen molar-refractivity contribution in [1.29, 1.82) is 0 Å². The van der Waals surface area contributed by atoms with Gasteiger partial charge in [-0.15, -0.1) is 0 Å². The van der Waals surface area contributed by atoms with Crippen LogP contribution in [0.25, 0.3) is 0 Å². The van der Waals surface area contributed by atoms with Crippen molar-refractivity contribution in [2.24, 2.45) is 34.5 Å². The minimum absolute atomic E-state index is 0.0359. The molecule has 23 unspecified atom stereocenters. The molecule has 5 heterocycles. The highest BCUT2D eigenvalue weighted by Crippen LogP contribution is 2.60. The predicted octanol–water partition coefficient (Wildman–Crippen LogP) is 6.07. The third-order valence-electron chi connectivity index (χ3n) is 19.9. The van der Waals surface area contributed by atoms with Gasteiger partial charge in [0.2, 0.25) is 0 Å². The molecule has 1 aromatic rings. The minimum atomic E-state index is -1.75. The summed E-state index contributed by atoms with van der Waals surface area (Å²) in [6.07, 6.45) is -10.3. The van der Waals surface area contributed by atoms with E-state index in [1.807, 2.05) is 19.9 Å². The number of rotatable bonds is 14. The molecule has 8 aliphatic rings. The highest BCUT2D eigenvalue weighted by Gasteiger charge is 2.66. The summed E-state index contributed by atoms with van der Waals surface area (Å²) in [5.74, 6) is -7.15. The number of benzene rings is 1. The molecular formula is C61H86O22. The van der Waals surface area contributed by atoms with Gasteiger partial charge in [-0.2, -0.15) is 0 Å². The van der Waals surface area contributed by atoms with Gasteiger partial charge in [0.15, 0.2) is 36.3 Å². The summed E-state index contributed by atoms with van der Waals surface area (Å²) in [5.41, 5.74) is -4.29. The Morgan fingerprint density at radius 1 is 0.807 bits per heavy atom. The van der Waals surface area contributed by atoms with Crippen molar-refractivity contribution in [3.8, 4) is 5.75 Å². The van der Waals surface area contributed by atoms with Gasteiger partial charge in [-0.25, -0.2) is 14.4 Å². The summed E-state index contributed by atoms with van der Waals surface area (Å²) >= 11 is 0. The highest BCUT2D eigenvalue weighted by molar-refractivity contribution is 5.95. The first-order chi connectivity index (χ1) is 39.2. The van der Waals surface area contributed by atoms with E-state index in [-0.39, 0.29) is 36.1 Å². The zero-order chi connectivity index (χ0) is 60.4. The fourth-order valence-electron chi connectivity index (χ4n) is 15.5. The Hall–Kier alpha value is -4.56. The molecule has 0 amide bonds. The molecule has 83 heavy (non-hydrogen) atoms. The molecule has 3 aliphatic carbocycles. The van der Waals surface area contributed by atoms with Crippen molar-refractivity contribution >= 4 is 23.9 Å². The number of aliphatic hydroxyl groups excluding tert-OH is 3. The summed E-state index contributed by atoms with van der Waals surface area (Å²) in [5, 5.41) is 58.7. The largest absolute Gasteiger partial charge is 0.505 e. The number of ether oxygens (including phenoxy) is 13. The predicted molar refractivity (Wildman–Crippen MR) is 291 cm³/mol. The lowest BCUT2D eigenvalue weighted by Gasteiger charge is -2.55. The van der Waals surface area contributed by atoms with Gasteiger partial charge in [0, 0.05) is 51.1 Å². The average molecular weight is 1170 g/mol. The monoisotopic (exact) mass is 1170 g/mol. The van der Waals surface area contributed by atoms with Crippen molar-refractivity contribution in [2.75, 3.05) is 28.4 Å². The van der Waals surface area contributed by atoms with Gasteiger partial charge >= 0.3 is 23.9 Å². The zero-order valence-electron chi connectivity index (χ0n) is 49.9. The second-order valence-electron chi connectivity index (χ2n) is 24.8. The maximum Gasteiger partial charge on any atom is 0.379 e. The molecule has 2 bridgehead atoms. The molecule has 22 nitrogen and oxygen atoms in total. The zero-order valence-corrected chi connectivity index (χ0v) is 49.9. The van der Waals surface area contributed by atoms with Gasteiger partial charge < -0.3 is 87.1 Å². The quantitative estimate of drug-likeness (QED) is 0.0803. The summed E-state index contributed by atoms with van der Waals surface area (Å²) in [6, 6.07) is 5.09. The fraction of sp³-hybridized carbons (Fsp3) is 0.738. The first kappa shape index (κ1) is 63.0. The minimum Gasteiger partial charge on any atom is -0.505 e. The second kappa shape index (κ2) is 24.3. The van der Waals surface area contributed by atoms with Crippen LogP contribution in [-0.4, -0.2) is 181 Å². The van der Waals surface area contributed by atoms with Crippen LogP contribution in [0.2, 0.25) is 0 Å². The van der Waals surface area contributed by atoms with E-state index in [1.54, 1.807) is 72.7 Å². The molecule has 4 fully saturated rings. The molecule has 22 heteroatoms. The molecule has 3 saturated heterocycles. The van der Waals surface area contributed by atoms with E-state index in [2.05, 4.69) is 0 Å². The van der Waals surface area contributed by atoms with Crippen LogP contribution in [0, 0.1) is 41.4 Å². The first-order valence-corrected chi connectivity index (χ1v) is 29.2. The smallest absolute Gasteiger partial charge is 0.379 e. The molecule has 1 saturated carbocycles. The van der Waals surface area contributed by atoms with Crippen LogP contribution in [0.15, 0.2) is 53.0 Å². The maximum atomic E-state index is 15.6. The van der Waals surface area contributed by atoms with E-state index < -0.39 is 173 Å². The fourth-order valence-corrected chi connectivity index (χ4v) is 15.5. The molecule has 0 aromatic heterocycles. The van der Waals surface area contributed by atoms with Gasteiger partial charge in [-0.05, 0) is 110 Å². The van der Waals surface area contributed by atoms with E-state index >= 15 is 4.79 Å². The van der Waals surface area contributed by atoms with Crippen molar-refractivity contribution in [2.45, 2.75) is 223 Å². The maximum absolute atomic E-state index is 15.6. The number of allylic oxidation sites excluding steroid dienone is 1. The molecule has 1 spiro atoms. The van der Waals surface area contributed by atoms with E-state index in [1.165, 1.54) is 28.4 Å². The number of carboxylic acid groups (broad SMARTS) is 1. The van der Waals surface area contributed by atoms with Gasteiger partial charge in [0.1, 0.15) is 47.4 Å². The lowest BCUT2D eigenvalue weighted by molar-refractivity contribution is -0.367. The number of aliphatic hydroxyl groups is 4. The molecular weight excluding hydrogens is 1080 g/mol. The number of esters is 3. The lowest BCUT2D eigenvalue weighted by Crippen LogP contribution is -2.67. The standard InChI is InChI=1S/C61H86O22/c1-14-33-26-61-49(64)48(54(68)83-61)82-57(69)59(8)36(19-15-16-23-58(61,7)27-35(33)52(65)66)29(3)24-34-37(59)21-22-40(78-56-51(74-13)60(9,70)50(73-12)32(6)77-56)46(34)81-55-43(63)47(79-41-25-38(62)44(72-11)30(4)75-41)45(31(5)76-55)80-53(67)42-28(2)18-17-20-39(42)71-10/h17-18,20,24,27,30-34,36-38,40-41,43-47,50-51,55-56,62-64,70H,14-16,19,21-23,25-26H2,1-13H3,(H,65,66). The van der Waals surface area contributed by atoms with E-state index in [0.29, 0.717) is 44.1 Å². The molecule has 462 valence electrons. The third kappa shape index (κ3) is 11.0. The van der Waals surface area contributed by atoms with Crippen LogP contribution >= 0.6 is 0 Å². The third-order valence-corrected chi connectivity index (χ3v) is 19.9. The van der Waals surface area contributed by atoms with Gasteiger partial charge in [-0.3, -0.25) is 4.79 Å². The van der Waals surface area contributed by atoms with E-state index in [0.717, 1.165) is 5.57 Å². The van der Waals surface area contributed by atoms with Crippen LogP contribution in [0.4, 0.5) is 0 Å². The Bertz CT molecular complexity index is 2670.